The summed E-state index contributed by atoms with van der Waals surface area (Å²) in [7, 11) is 1.68. The number of hydrogen-bond donors (Lipinski definition) is 2. The molecule has 2 aliphatic heterocycles. The van der Waals surface area contributed by atoms with Gasteiger partial charge < -0.3 is 25.0 Å². The van der Waals surface area contributed by atoms with Gasteiger partial charge in [-0.2, -0.15) is 0 Å². The van der Waals surface area contributed by atoms with Crippen molar-refractivity contribution in [1.29, 1.82) is 0 Å². The van der Waals surface area contributed by atoms with Crippen LogP contribution >= 0.6 is 11.9 Å². The predicted octanol–water partition coefficient (Wildman–Crippen LogP) is 8.57. The first-order valence-electron chi connectivity index (χ1n) is 20.4. The summed E-state index contributed by atoms with van der Waals surface area (Å²) in [6, 6.07) is 20.8. The second-order valence-electron chi connectivity index (χ2n) is 14.7. The maximum Gasteiger partial charge on any atom is 0.259 e. The minimum absolute atomic E-state index is 0.0846. The number of rotatable bonds is 13. The van der Waals surface area contributed by atoms with Crippen molar-refractivity contribution >= 4 is 46.5 Å². The first-order chi connectivity index (χ1) is 29.3. The number of nitrogens with one attached hydrogen (secondary N) is 2. The van der Waals surface area contributed by atoms with Gasteiger partial charge >= 0.3 is 0 Å². The highest BCUT2D eigenvalue weighted by atomic mass is 32.2. The van der Waals surface area contributed by atoms with Gasteiger partial charge in [0, 0.05) is 75.0 Å². The minimum Gasteiger partial charge on any atom is -0.494 e. The molecule has 3 aromatic heterocycles. The molecule has 12 nitrogen and oxygen atoms in total. The first kappa shape index (κ1) is 41.0. The van der Waals surface area contributed by atoms with Crippen LogP contribution < -0.4 is 25.0 Å². The quantitative estimate of drug-likeness (QED) is 0.109. The summed E-state index contributed by atoms with van der Waals surface area (Å²) in [4.78, 5) is 33.4. The fourth-order valence-electron chi connectivity index (χ4n) is 8.23. The van der Waals surface area contributed by atoms with Gasteiger partial charge in [-0.15, -0.1) is 0 Å². The van der Waals surface area contributed by atoms with Gasteiger partial charge in [-0.05, 0) is 92.6 Å². The van der Waals surface area contributed by atoms with Crippen LogP contribution in [-0.4, -0.2) is 99.7 Å². The van der Waals surface area contributed by atoms with Gasteiger partial charge in [-0.25, -0.2) is 28.0 Å². The molecule has 2 saturated heterocycles. The number of hydrogen-bond acceptors (Lipinski definition) is 11. The Balaban J connectivity index is 1.08. The van der Waals surface area contributed by atoms with Crippen LogP contribution in [0, 0.1) is 11.6 Å². The van der Waals surface area contributed by atoms with Crippen molar-refractivity contribution in [2.24, 2.45) is 0 Å². The number of amides is 1. The Morgan fingerprint density at radius 2 is 1.68 bits per heavy atom. The van der Waals surface area contributed by atoms with Crippen molar-refractivity contribution in [1.82, 2.24) is 28.6 Å². The van der Waals surface area contributed by atoms with E-state index in [0.717, 1.165) is 76.4 Å². The number of benzene rings is 3. The maximum absolute atomic E-state index is 14.6. The third kappa shape index (κ3) is 8.47. The molecule has 2 aliphatic rings. The molecular weight excluding hydrogens is 785 g/mol. The van der Waals surface area contributed by atoms with Crippen molar-refractivity contribution in [2.75, 3.05) is 74.8 Å². The number of nitrogens with zero attached hydrogens (tertiary/aromatic N) is 7. The summed E-state index contributed by atoms with van der Waals surface area (Å²) >= 11 is 1.84. The number of para-hydroxylation sites is 1. The van der Waals surface area contributed by atoms with Crippen LogP contribution in [-0.2, 0) is 6.42 Å². The zero-order chi connectivity index (χ0) is 41.8. The van der Waals surface area contributed by atoms with Gasteiger partial charge in [0.2, 0.25) is 5.95 Å². The van der Waals surface area contributed by atoms with Crippen LogP contribution in [0.1, 0.15) is 42.6 Å². The van der Waals surface area contributed by atoms with Gasteiger partial charge in [-0.1, -0.05) is 31.0 Å². The number of imidazole rings is 1. The molecule has 8 rings (SSSR count). The van der Waals surface area contributed by atoms with E-state index in [2.05, 4.69) is 55.0 Å². The number of anilines is 4. The number of pyridine rings is 1. The molecule has 0 atom stereocenters. The third-order valence-electron chi connectivity index (χ3n) is 11.3. The lowest BCUT2D eigenvalue weighted by atomic mass is 9.99. The number of piperidine rings is 1. The van der Waals surface area contributed by atoms with E-state index in [1.807, 2.05) is 40.7 Å². The SMILES string of the molecule is CCOc1ccc(-c2nc3ccccn3c2-c2ccnc(Nc3cc(CC)c(N4CCC(N5CCN(SC)CC5)CC4)cc3OC)n2)cc1C(=O)Nc1c(F)cccc1F. The van der Waals surface area contributed by atoms with Crippen molar-refractivity contribution in [3.05, 3.63) is 108 Å². The van der Waals surface area contributed by atoms with Crippen LogP contribution in [0.3, 0.4) is 0 Å². The van der Waals surface area contributed by atoms with Gasteiger partial charge in [0.1, 0.15) is 34.5 Å². The van der Waals surface area contributed by atoms with Gasteiger partial charge in [-0.3, -0.25) is 14.1 Å². The standard InChI is InChI=1S/C45H49F2N9O3S/c1-5-29-27-36(39(58-3)28-37(29)54-20-16-31(17-21-54)53-22-24-55(60-4)25-23-53)50-45-48-18-15-35(49-45)43-41(51-40-12-7-8-19-56(40)43)30-13-14-38(59-6-2)32(26-30)44(57)52-42-33(46)10-9-11-34(42)47/h7-15,18-19,26-28,31H,5-6,16-17,20-25H2,1-4H3,(H,52,57)(H,48,49,50). The number of aromatic nitrogens is 4. The van der Waals surface area contributed by atoms with E-state index >= 15 is 0 Å². The maximum atomic E-state index is 14.6. The smallest absolute Gasteiger partial charge is 0.259 e. The average molecular weight is 834 g/mol. The number of aryl methyl sites for hydroxylation is 1. The van der Waals surface area contributed by atoms with E-state index in [0.29, 0.717) is 46.0 Å². The summed E-state index contributed by atoms with van der Waals surface area (Å²) in [6.07, 6.45) is 8.85. The Morgan fingerprint density at radius 1 is 0.900 bits per heavy atom. The summed E-state index contributed by atoms with van der Waals surface area (Å²) in [5.41, 5.74) is 5.66. The number of ether oxygens (including phenoxy) is 2. The molecule has 0 unspecified atom stereocenters. The van der Waals surface area contributed by atoms with E-state index in [1.165, 1.54) is 17.3 Å². The molecule has 2 fully saturated rings. The lowest BCUT2D eigenvalue weighted by molar-refractivity contribution is 0.102. The number of carbonyl (C=O) groups excluding carboxylic acids is 1. The molecule has 0 bridgehead atoms. The number of carbonyl (C=O) groups is 1. The molecule has 6 aromatic rings. The number of fused-ring (bicyclic) bond motifs is 1. The fraction of sp³-hybridized carbons (Fsp3) is 0.333. The second-order valence-corrected chi connectivity index (χ2v) is 15.6. The molecule has 312 valence electrons. The number of halogens is 2. The normalized spacial score (nSPS) is 15.3. The molecule has 1 amide bonds. The molecule has 60 heavy (non-hydrogen) atoms. The number of methoxy groups -OCH3 is 1. The lowest BCUT2D eigenvalue weighted by Gasteiger charge is -2.43. The van der Waals surface area contributed by atoms with Crippen LogP contribution in [0.25, 0.3) is 28.3 Å². The Bertz CT molecular complexity index is 2460. The van der Waals surface area contributed by atoms with Crippen molar-refractivity contribution in [2.45, 2.75) is 39.2 Å². The lowest BCUT2D eigenvalue weighted by Crippen LogP contribution is -2.51. The predicted molar refractivity (Wildman–Crippen MR) is 235 cm³/mol. The van der Waals surface area contributed by atoms with Crippen LogP contribution in [0.2, 0.25) is 0 Å². The molecule has 5 heterocycles. The monoisotopic (exact) mass is 833 g/mol. The molecule has 0 aliphatic carbocycles. The minimum atomic E-state index is -0.889. The van der Waals surface area contributed by atoms with Crippen molar-refractivity contribution in [3.63, 3.8) is 0 Å². The second kappa shape index (κ2) is 18.2. The van der Waals surface area contributed by atoms with Crippen LogP contribution in [0.5, 0.6) is 11.5 Å². The van der Waals surface area contributed by atoms with Crippen molar-refractivity contribution in [3.8, 4) is 34.1 Å². The zero-order valence-electron chi connectivity index (χ0n) is 34.3. The molecule has 0 spiro atoms. The fourth-order valence-corrected chi connectivity index (χ4v) is 8.76. The highest BCUT2D eigenvalue weighted by Gasteiger charge is 2.29. The summed E-state index contributed by atoms with van der Waals surface area (Å²) < 4.78 is 45.3. The molecule has 15 heteroatoms. The average Bonchev–Trinajstić information content (AvgIpc) is 3.68. The molecular formula is C45H49F2N9O3S. The third-order valence-corrected chi connectivity index (χ3v) is 12.2. The number of piperazine rings is 1. The topological polar surface area (TPSA) is 112 Å². The molecule has 3 aromatic carbocycles. The van der Waals surface area contributed by atoms with Gasteiger partial charge in [0.05, 0.1) is 42.0 Å². The Hall–Kier alpha value is -5.77. The van der Waals surface area contributed by atoms with Gasteiger partial charge in [0.25, 0.3) is 5.91 Å². The van der Waals surface area contributed by atoms with E-state index in [-0.39, 0.29) is 17.9 Å². The summed E-state index contributed by atoms with van der Waals surface area (Å²) in [5.74, 6) is -1.21. The molecule has 2 N–H and O–H groups in total. The molecule has 0 saturated carbocycles. The molecule has 0 radical (unpaired) electrons. The highest BCUT2D eigenvalue weighted by Crippen LogP contribution is 2.39. The van der Waals surface area contributed by atoms with E-state index in [1.54, 1.807) is 44.5 Å². The van der Waals surface area contributed by atoms with E-state index in [9.17, 15) is 13.6 Å². The summed E-state index contributed by atoms with van der Waals surface area (Å²) in [5, 5.41) is 5.83. The first-order valence-corrected chi connectivity index (χ1v) is 21.6. The highest BCUT2D eigenvalue weighted by molar-refractivity contribution is 7.96. The largest absolute Gasteiger partial charge is 0.494 e. The Kier molecular flexibility index (Phi) is 12.5. The Labute approximate surface area is 353 Å². The van der Waals surface area contributed by atoms with E-state index < -0.39 is 23.2 Å². The Morgan fingerprint density at radius 3 is 2.40 bits per heavy atom. The summed E-state index contributed by atoms with van der Waals surface area (Å²) in [6.45, 7) is 10.7. The van der Waals surface area contributed by atoms with E-state index in [4.69, 9.17) is 19.4 Å². The van der Waals surface area contributed by atoms with Crippen molar-refractivity contribution < 1.29 is 23.0 Å². The zero-order valence-corrected chi connectivity index (χ0v) is 35.1. The van der Waals surface area contributed by atoms with Crippen LogP contribution in [0.15, 0.2) is 85.2 Å². The van der Waals surface area contributed by atoms with Gasteiger partial charge in [0.15, 0.2) is 0 Å². The van der Waals surface area contributed by atoms with Crippen LogP contribution in [0.4, 0.5) is 31.8 Å².